The summed E-state index contributed by atoms with van der Waals surface area (Å²) in [5.74, 6) is -0.991. The van der Waals surface area contributed by atoms with E-state index in [-0.39, 0.29) is 16.2 Å². The highest BCUT2D eigenvalue weighted by Crippen LogP contribution is 2.21. The van der Waals surface area contributed by atoms with Crippen LogP contribution in [0.5, 0.6) is 0 Å². The summed E-state index contributed by atoms with van der Waals surface area (Å²) in [5, 5.41) is 5.19. The standard InChI is InChI=1S/C18H17N3O5S2/c1-11-5-3-4-6-13(11)17(23)20-18-21(10-16(22)26-2)14-8-7-12(28(19,24)25)9-15(14)27-18/h3-9H,10H2,1-2H3,(H2,19,24,25). The maximum atomic E-state index is 12.6. The smallest absolute Gasteiger partial charge is 0.325 e. The van der Waals surface area contributed by atoms with Crippen molar-refractivity contribution in [1.29, 1.82) is 0 Å². The van der Waals surface area contributed by atoms with Gasteiger partial charge in [0.15, 0.2) is 4.80 Å². The van der Waals surface area contributed by atoms with E-state index >= 15 is 0 Å². The molecule has 0 unspecified atom stereocenters. The van der Waals surface area contributed by atoms with Gasteiger partial charge < -0.3 is 9.30 Å². The second-order valence-electron chi connectivity index (χ2n) is 5.95. The number of methoxy groups -OCH3 is 1. The van der Waals surface area contributed by atoms with Crippen molar-refractivity contribution in [2.45, 2.75) is 18.4 Å². The Morgan fingerprint density at radius 1 is 1.21 bits per heavy atom. The van der Waals surface area contributed by atoms with Gasteiger partial charge in [0, 0.05) is 5.56 Å². The van der Waals surface area contributed by atoms with Crippen LogP contribution in [0.4, 0.5) is 0 Å². The zero-order chi connectivity index (χ0) is 20.5. The Morgan fingerprint density at radius 3 is 2.57 bits per heavy atom. The molecule has 0 aliphatic carbocycles. The normalized spacial score (nSPS) is 12.3. The maximum absolute atomic E-state index is 12.6. The van der Waals surface area contributed by atoms with Crippen LogP contribution >= 0.6 is 11.3 Å². The lowest BCUT2D eigenvalue weighted by Crippen LogP contribution is -2.22. The van der Waals surface area contributed by atoms with E-state index in [1.54, 1.807) is 25.1 Å². The van der Waals surface area contributed by atoms with Crippen molar-refractivity contribution >= 4 is 43.5 Å². The van der Waals surface area contributed by atoms with Gasteiger partial charge in [0.1, 0.15) is 6.54 Å². The summed E-state index contributed by atoms with van der Waals surface area (Å²) in [6.07, 6.45) is 0. The van der Waals surface area contributed by atoms with Crippen molar-refractivity contribution in [3.63, 3.8) is 0 Å². The van der Waals surface area contributed by atoms with Gasteiger partial charge in [0.2, 0.25) is 10.0 Å². The van der Waals surface area contributed by atoms with E-state index in [4.69, 9.17) is 9.88 Å². The number of rotatable bonds is 4. The van der Waals surface area contributed by atoms with Crippen molar-refractivity contribution in [2.75, 3.05) is 7.11 Å². The van der Waals surface area contributed by atoms with Gasteiger partial charge in [-0.05, 0) is 36.8 Å². The number of fused-ring (bicyclic) bond motifs is 1. The highest BCUT2D eigenvalue weighted by Gasteiger charge is 2.16. The summed E-state index contributed by atoms with van der Waals surface area (Å²) >= 11 is 1.08. The second-order valence-corrected chi connectivity index (χ2v) is 8.52. The summed E-state index contributed by atoms with van der Waals surface area (Å²) < 4.78 is 30.0. The quantitative estimate of drug-likeness (QED) is 0.644. The predicted molar refractivity (Wildman–Crippen MR) is 104 cm³/mol. The minimum absolute atomic E-state index is 0.0664. The highest BCUT2D eigenvalue weighted by atomic mass is 32.2. The number of hydrogen-bond acceptors (Lipinski definition) is 6. The van der Waals surface area contributed by atoms with Crippen LogP contribution in [0, 0.1) is 6.92 Å². The number of benzene rings is 2. The van der Waals surface area contributed by atoms with Crippen LogP contribution in [0.1, 0.15) is 15.9 Å². The molecule has 8 nitrogen and oxygen atoms in total. The number of amides is 1. The average Bonchev–Trinajstić information content (AvgIpc) is 2.97. The van der Waals surface area contributed by atoms with E-state index in [2.05, 4.69) is 4.99 Å². The highest BCUT2D eigenvalue weighted by molar-refractivity contribution is 7.89. The predicted octanol–water partition coefficient (Wildman–Crippen LogP) is 1.57. The molecule has 0 fully saturated rings. The Labute approximate surface area is 164 Å². The number of nitrogens with zero attached hydrogens (tertiary/aromatic N) is 2. The Kier molecular flexibility index (Phi) is 5.45. The minimum Gasteiger partial charge on any atom is -0.468 e. The number of esters is 1. The summed E-state index contributed by atoms with van der Waals surface area (Å²) in [7, 11) is -2.63. The van der Waals surface area contributed by atoms with Gasteiger partial charge in [-0.2, -0.15) is 4.99 Å². The van der Waals surface area contributed by atoms with Crippen LogP contribution in [0.25, 0.3) is 10.2 Å². The molecule has 0 aliphatic heterocycles. The molecule has 3 aromatic rings. The van der Waals surface area contributed by atoms with E-state index in [9.17, 15) is 18.0 Å². The van der Waals surface area contributed by atoms with Crippen LogP contribution in [-0.2, 0) is 26.1 Å². The zero-order valence-corrected chi connectivity index (χ0v) is 16.7. The molecule has 0 atom stereocenters. The molecular formula is C18H17N3O5S2. The third-order valence-corrected chi connectivity index (χ3v) is 6.02. The third kappa shape index (κ3) is 4.03. The Bertz CT molecular complexity index is 1260. The summed E-state index contributed by atoms with van der Waals surface area (Å²) in [5.41, 5.74) is 1.75. The molecule has 3 rings (SSSR count). The van der Waals surface area contributed by atoms with Gasteiger partial charge >= 0.3 is 5.97 Å². The molecular weight excluding hydrogens is 402 g/mol. The number of carbonyl (C=O) groups excluding carboxylic acids is 2. The van der Waals surface area contributed by atoms with E-state index in [1.165, 1.54) is 29.9 Å². The molecule has 2 aromatic carbocycles. The number of nitrogens with two attached hydrogens (primary N) is 1. The van der Waals surface area contributed by atoms with Crippen molar-refractivity contribution in [3.8, 4) is 0 Å². The Balaban J connectivity index is 2.22. The second kappa shape index (κ2) is 7.66. The van der Waals surface area contributed by atoms with Gasteiger partial charge in [-0.3, -0.25) is 9.59 Å². The fraction of sp³-hybridized carbons (Fsp3) is 0.167. The number of ether oxygens (including phenoxy) is 1. The van der Waals surface area contributed by atoms with Crippen LogP contribution in [-0.4, -0.2) is 32.0 Å². The van der Waals surface area contributed by atoms with E-state index in [0.29, 0.717) is 15.8 Å². The monoisotopic (exact) mass is 419 g/mol. The van der Waals surface area contributed by atoms with E-state index in [1.807, 2.05) is 6.07 Å². The number of primary sulfonamides is 1. The van der Waals surface area contributed by atoms with Gasteiger partial charge in [-0.25, -0.2) is 13.6 Å². The molecule has 1 heterocycles. The first kappa shape index (κ1) is 19.9. The molecule has 0 bridgehead atoms. The third-order valence-electron chi connectivity index (χ3n) is 4.07. The number of hydrogen-bond donors (Lipinski definition) is 1. The lowest BCUT2D eigenvalue weighted by molar-refractivity contribution is -0.141. The van der Waals surface area contributed by atoms with E-state index < -0.39 is 21.9 Å². The molecule has 2 N–H and O–H groups in total. The first-order valence-corrected chi connectivity index (χ1v) is 10.4. The number of carbonyl (C=O) groups is 2. The Hall–Kier alpha value is -2.82. The minimum atomic E-state index is -3.89. The zero-order valence-electron chi connectivity index (χ0n) is 15.1. The van der Waals surface area contributed by atoms with E-state index in [0.717, 1.165) is 16.9 Å². The topological polar surface area (TPSA) is 121 Å². The van der Waals surface area contributed by atoms with Crippen LogP contribution in [0.15, 0.2) is 52.4 Å². The largest absolute Gasteiger partial charge is 0.468 e. The van der Waals surface area contributed by atoms with Crippen molar-refractivity contribution in [2.24, 2.45) is 10.1 Å². The number of aryl methyl sites for hydroxylation is 1. The molecule has 0 radical (unpaired) electrons. The number of aromatic nitrogens is 1. The average molecular weight is 419 g/mol. The molecule has 0 saturated carbocycles. The Morgan fingerprint density at radius 2 is 1.93 bits per heavy atom. The van der Waals surface area contributed by atoms with Gasteiger partial charge in [0.25, 0.3) is 5.91 Å². The van der Waals surface area contributed by atoms with Crippen LogP contribution in [0.3, 0.4) is 0 Å². The van der Waals surface area contributed by atoms with Crippen molar-refractivity contribution in [3.05, 3.63) is 58.4 Å². The number of sulfonamides is 1. The van der Waals surface area contributed by atoms with Crippen molar-refractivity contribution in [1.82, 2.24) is 4.57 Å². The molecule has 146 valence electrons. The first-order valence-electron chi connectivity index (χ1n) is 8.08. The molecule has 28 heavy (non-hydrogen) atoms. The van der Waals surface area contributed by atoms with Crippen molar-refractivity contribution < 1.29 is 22.7 Å². The fourth-order valence-electron chi connectivity index (χ4n) is 2.62. The molecule has 0 spiro atoms. The molecule has 10 heteroatoms. The summed E-state index contributed by atoms with van der Waals surface area (Å²) in [6, 6.07) is 11.3. The SMILES string of the molecule is COC(=O)Cn1c(=NC(=O)c2ccccc2C)sc2cc(S(N)(=O)=O)ccc21. The van der Waals surface area contributed by atoms with Crippen LogP contribution in [0.2, 0.25) is 0 Å². The van der Waals surface area contributed by atoms with Crippen LogP contribution < -0.4 is 9.94 Å². The molecule has 1 aromatic heterocycles. The lowest BCUT2D eigenvalue weighted by atomic mass is 10.1. The summed E-state index contributed by atoms with van der Waals surface area (Å²) in [4.78, 5) is 28.8. The first-order chi connectivity index (χ1) is 13.2. The molecule has 0 saturated heterocycles. The molecule has 0 aliphatic rings. The number of thiazole rings is 1. The summed E-state index contributed by atoms with van der Waals surface area (Å²) in [6.45, 7) is 1.62. The van der Waals surface area contributed by atoms with Gasteiger partial charge in [0.05, 0.1) is 22.2 Å². The van der Waals surface area contributed by atoms with Gasteiger partial charge in [-0.1, -0.05) is 29.5 Å². The lowest BCUT2D eigenvalue weighted by Gasteiger charge is -2.04. The van der Waals surface area contributed by atoms with Gasteiger partial charge in [-0.15, -0.1) is 0 Å². The molecule has 1 amide bonds. The fourth-order valence-corrected chi connectivity index (χ4v) is 4.30. The maximum Gasteiger partial charge on any atom is 0.325 e.